The standard InChI is InChI=1S/C11H7F2NO3S2/c12-8-2-1-6(10(13)7(8)5-15)11-9(3-4-18-11)19(14,16)17/h1-5H,(H2,14,16,17). The van der Waals surface area contributed by atoms with Gasteiger partial charge in [0.05, 0.1) is 10.4 Å². The lowest BCUT2D eigenvalue weighted by atomic mass is 10.1. The van der Waals surface area contributed by atoms with Crippen molar-refractivity contribution in [2.75, 3.05) is 0 Å². The topological polar surface area (TPSA) is 77.2 Å². The van der Waals surface area contributed by atoms with E-state index in [4.69, 9.17) is 5.14 Å². The molecule has 0 unspecified atom stereocenters. The van der Waals surface area contributed by atoms with E-state index in [1.807, 2.05) is 0 Å². The number of benzene rings is 1. The van der Waals surface area contributed by atoms with E-state index in [-0.39, 0.29) is 21.6 Å². The quantitative estimate of drug-likeness (QED) is 0.883. The van der Waals surface area contributed by atoms with Crippen LogP contribution in [0.5, 0.6) is 0 Å². The molecule has 0 aliphatic carbocycles. The average molecular weight is 303 g/mol. The van der Waals surface area contributed by atoms with Gasteiger partial charge in [-0.3, -0.25) is 4.79 Å². The van der Waals surface area contributed by atoms with Gasteiger partial charge in [-0.05, 0) is 23.6 Å². The van der Waals surface area contributed by atoms with E-state index in [0.717, 1.165) is 23.5 Å². The van der Waals surface area contributed by atoms with E-state index in [2.05, 4.69) is 0 Å². The molecular formula is C11H7F2NO3S2. The molecule has 1 heterocycles. The van der Waals surface area contributed by atoms with E-state index in [0.29, 0.717) is 0 Å². The second-order valence-electron chi connectivity index (χ2n) is 3.60. The van der Waals surface area contributed by atoms with Crippen LogP contribution >= 0.6 is 11.3 Å². The third-order valence-corrected chi connectivity index (χ3v) is 4.45. The largest absolute Gasteiger partial charge is 0.298 e. The summed E-state index contributed by atoms with van der Waals surface area (Å²) in [5.41, 5.74) is -0.922. The summed E-state index contributed by atoms with van der Waals surface area (Å²) in [6.07, 6.45) is 0.0401. The molecule has 0 aliphatic heterocycles. The molecule has 2 aromatic rings. The highest BCUT2D eigenvalue weighted by Crippen LogP contribution is 2.35. The van der Waals surface area contributed by atoms with Crippen LogP contribution in [-0.2, 0) is 10.0 Å². The van der Waals surface area contributed by atoms with Gasteiger partial charge < -0.3 is 0 Å². The Kier molecular flexibility index (Phi) is 3.48. The summed E-state index contributed by atoms with van der Waals surface area (Å²) in [5, 5.41) is 6.42. The average Bonchev–Trinajstić information content (AvgIpc) is 2.78. The Balaban J connectivity index is 2.75. The molecule has 0 saturated carbocycles. The van der Waals surface area contributed by atoms with Gasteiger partial charge in [-0.2, -0.15) is 0 Å². The summed E-state index contributed by atoms with van der Waals surface area (Å²) in [5.74, 6) is -2.12. The molecule has 0 atom stereocenters. The second-order valence-corrected chi connectivity index (χ2v) is 6.05. The van der Waals surface area contributed by atoms with Crippen molar-refractivity contribution in [3.8, 4) is 10.4 Å². The second kappa shape index (κ2) is 4.80. The van der Waals surface area contributed by atoms with Crippen LogP contribution in [0.1, 0.15) is 10.4 Å². The molecular weight excluding hydrogens is 296 g/mol. The number of hydrogen-bond donors (Lipinski definition) is 1. The number of aldehydes is 1. The van der Waals surface area contributed by atoms with Crippen LogP contribution < -0.4 is 5.14 Å². The van der Waals surface area contributed by atoms with Gasteiger partial charge in [-0.25, -0.2) is 22.3 Å². The number of primary sulfonamides is 1. The van der Waals surface area contributed by atoms with Crippen LogP contribution in [0.2, 0.25) is 0 Å². The summed E-state index contributed by atoms with van der Waals surface area (Å²) in [6, 6.07) is 3.19. The lowest BCUT2D eigenvalue weighted by Gasteiger charge is -2.06. The molecule has 0 fully saturated rings. The first-order valence-corrected chi connectivity index (χ1v) is 7.32. The van der Waals surface area contributed by atoms with Crippen LogP contribution in [0.4, 0.5) is 8.78 Å². The van der Waals surface area contributed by atoms with Gasteiger partial charge in [0.2, 0.25) is 10.0 Å². The number of carbonyl (C=O) groups excluding carboxylic acids is 1. The molecule has 0 spiro atoms. The van der Waals surface area contributed by atoms with Gasteiger partial charge in [-0.1, -0.05) is 0 Å². The van der Waals surface area contributed by atoms with Crippen molar-refractivity contribution >= 4 is 27.6 Å². The first kappa shape index (κ1) is 13.8. The number of carbonyl (C=O) groups is 1. The zero-order valence-corrected chi connectivity index (χ0v) is 10.9. The number of thiophene rings is 1. The lowest BCUT2D eigenvalue weighted by Crippen LogP contribution is -2.12. The first-order chi connectivity index (χ1) is 8.86. The Bertz CT molecular complexity index is 753. The Labute approximate surface area is 111 Å². The fraction of sp³-hybridized carbons (Fsp3) is 0. The Morgan fingerprint density at radius 2 is 1.89 bits per heavy atom. The van der Waals surface area contributed by atoms with E-state index < -0.39 is 27.2 Å². The van der Waals surface area contributed by atoms with Crippen molar-refractivity contribution in [2.45, 2.75) is 4.90 Å². The minimum absolute atomic E-state index is 0.0306. The monoisotopic (exact) mass is 303 g/mol. The van der Waals surface area contributed by atoms with E-state index in [9.17, 15) is 22.0 Å². The number of nitrogens with two attached hydrogens (primary N) is 1. The van der Waals surface area contributed by atoms with Crippen molar-refractivity contribution in [3.63, 3.8) is 0 Å². The van der Waals surface area contributed by atoms with Crippen LogP contribution in [-0.4, -0.2) is 14.7 Å². The molecule has 0 radical (unpaired) electrons. The van der Waals surface area contributed by atoms with Crippen molar-refractivity contribution in [2.24, 2.45) is 5.14 Å². The first-order valence-electron chi connectivity index (χ1n) is 4.90. The van der Waals surface area contributed by atoms with E-state index in [1.54, 1.807) is 0 Å². The molecule has 1 aromatic heterocycles. The van der Waals surface area contributed by atoms with Crippen molar-refractivity contribution in [1.82, 2.24) is 0 Å². The molecule has 2 N–H and O–H groups in total. The van der Waals surface area contributed by atoms with E-state index in [1.165, 1.54) is 11.4 Å². The highest BCUT2D eigenvalue weighted by atomic mass is 32.2. The molecule has 4 nitrogen and oxygen atoms in total. The summed E-state index contributed by atoms with van der Waals surface area (Å²) in [4.78, 5) is 10.4. The zero-order valence-electron chi connectivity index (χ0n) is 9.26. The molecule has 2 rings (SSSR count). The maximum atomic E-state index is 14.0. The predicted octanol–water partition coefficient (Wildman–Crippen LogP) is 2.15. The highest BCUT2D eigenvalue weighted by Gasteiger charge is 2.21. The highest BCUT2D eigenvalue weighted by molar-refractivity contribution is 7.89. The van der Waals surface area contributed by atoms with Gasteiger partial charge in [0, 0.05) is 5.56 Å². The predicted molar refractivity (Wildman–Crippen MR) is 66.4 cm³/mol. The molecule has 0 aliphatic rings. The minimum atomic E-state index is -4.02. The molecule has 1 aromatic carbocycles. The maximum Gasteiger partial charge on any atom is 0.239 e. The minimum Gasteiger partial charge on any atom is -0.298 e. The maximum absolute atomic E-state index is 14.0. The summed E-state index contributed by atoms with van der Waals surface area (Å²) >= 11 is 0.931. The van der Waals surface area contributed by atoms with Gasteiger partial charge in [0.15, 0.2) is 6.29 Å². The van der Waals surface area contributed by atoms with Crippen molar-refractivity contribution in [1.29, 1.82) is 0 Å². The number of halogens is 2. The molecule has 0 bridgehead atoms. The Hall–Kier alpha value is -1.64. The number of rotatable bonds is 3. The third-order valence-electron chi connectivity index (χ3n) is 2.42. The number of hydrogen-bond acceptors (Lipinski definition) is 4. The van der Waals surface area contributed by atoms with Crippen LogP contribution in [0.25, 0.3) is 10.4 Å². The van der Waals surface area contributed by atoms with Gasteiger partial charge in [0.25, 0.3) is 0 Å². The normalized spacial score (nSPS) is 11.5. The molecule has 8 heteroatoms. The van der Waals surface area contributed by atoms with Gasteiger partial charge in [-0.15, -0.1) is 11.3 Å². The molecule has 100 valence electrons. The molecule has 19 heavy (non-hydrogen) atoms. The third kappa shape index (κ3) is 2.42. The molecule has 0 saturated heterocycles. The fourth-order valence-electron chi connectivity index (χ4n) is 1.57. The van der Waals surface area contributed by atoms with Gasteiger partial charge in [0.1, 0.15) is 16.5 Å². The Morgan fingerprint density at radius 3 is 2.47 bits per heavy atom. The van der Waals surface area contributed by atoms with Crippen LogP contribution in [0, 0.1) is 11.6 Å². The van der Waals surface area contributed by atoms with Gasteiger partial charge >= 0.3 is 0 Å². The van der Waals surface area contributed by atoms with Crippen molar-refractivity contribution < 1.29 is 22.0 Å². The van der Waals surface area contributed by atoms with E-state index >= 15 is 0 Å². The Morgan fingerprint density at radius 1 is 1.21 bits per heavy atom. The zero-order chi connectivity index (χ0) is 14.2. The smallest absolute Gasteiger partial charge is 0.239 e. The van der Waals surface area contributed by atoms with Crippen LogP contribution in [0.3, 0.4) is 0 Å². The SMILES string of the molecule is NS(=O)(=O)c1ccsc1-c1ccc(F)c(C=O)c1F. The summed E-state index contributed by atoms with van der Waals surface area (Å²) < 4.78 is 49.8. The number of sulfonamides is 1. The molecule has 0 amide bonds. The fourth-order valence-corrected chi connectivity index (χ4v) is 3.58. The van der Waals surface area contributed by atoms with Crippen LogP contribution in [0.15, 0.2) is 28.5 Å². The lowest BCUT2D eigenvalue weighted by molar-refractivity contribution is 0.111. The van der Waals surface area contributed by atoms with Crippen molar-refractivity contribution in [3.05, 3.63) is 40.8 Å². The summed E-state index contributed by atoms with van der Waals surface area (Å²) in [7, 11) is -4.02. The summed E-state index contributed by atoms with van der Waals surface area (Å²) in [6.45, 7) is 0.